The van der Waals surface area contributed by atoms with E-state index in [1.165, 1.54) is 6.08 Å². The summed E-state index contributed by atoms with van der Waals surface area (Å²) in [6.07, 6.45) is 2.63. The Morgan fingerprint density at radius 1 is 1.41 bits per heavy atom. The van der Waals surface area contributed by atoms with E-state index in [2.05, 4.69) is 15.9 Å². The van der Waals surface area contributed by atoms with Crippen LogP contribution in [0.25, 0.3) is 6.08 Å². The molecule has 0 saturated carbocycles. The Morgan fingerprint density at radius 2 is 2.12 bits per heavy atom. The average molecular weight is 318 g/mol. The summed E-state index contributed by atoms with van der Waals surface area (Å²) in [5.74, 6) is -0.907. The maximum absolute atomic E-state index is 11.7. The summed E-state index contributed by atoms with van der Waals surface area (Å²) in [5.41, 5.74) is 1.04. The number of benzene rings is 1. The molecule has 1 N–H and O–H groups in total. The Balaban J connectivity index is 3.12. The minimum Gasteiger partial charge on any atom is -0.478 e. The molecule has 0 saturated heterocycles. The molecule has 1 aromatic carbocycles. The zero-order chi connectivity index (χ0) is 12.8. The van der Waals surface area contributed by atoms with Crippen LogP contribution in [0.15, 0.2) is 28.7 Å². The Morgan fingerprint density at radius 3 is 2.71 bits per heavy atom. The van der Waals surface area contributed by atoms with Crippen LogP contribution in [0, 0.1) is 0 Å². The normalized spacial score (nSPS) is 10.7. The van der Waals surface area contributed by atoms with Crippen molar-refractivity contribution in [2.45, 2.75) is 6.42 Å². The summed E-state index contributed by atoms with van der Waals surface area (Å²) >= 11 is 8.79. The third kappa shape index (κ3) is 4.32. The SMILES string of the molecule is O=C(O)/C=C/c1cc(Br)ccc1C(=O)CCCl. The zero-order valence-electron chi connectivity index (χ0n) is 8.82. The van der Waals surface area contributed by atoms with Gasteiger partial charge < -0.3 is 5.11 Å². The van der Waals surface area contributed by atoms with Gasteiger partial charge in [-0.15, -0.1) is 11.6 Å². The summed E-state index contributed by atoms with van der Waals surface area (Å²) in [6.45, 7) is 0. The number of carboxylic acids is 1. The lowest BCUT2D eigenvalue weighted by Gasteiger charge is -2.04. The Hall–Kier alpha value is -1.13. The largest absolute Gasteiger partial charge is 0.478 e. The quantitative estimate of drug-likeness (QED) is 0.515. The van der Waals surface area contributed by atoms with Crippen molar-refractivity contribution < 1.29 is 14.7 Å². The predicted octanol–water partition coefficient (Wildman–Crippen LogP) is 3.36. The van der Waals surface area contributed by atoms with Crippen LogP contribution in [0.2, 0.25) is 0 Å². The molecule has 0 heterocycles. The van der Waals surface area contributed by atoms with E-state index < -0.39 is 5.97 Å². The van der Waals surface area contributed by atoms with Gasteiger partial charge in [-0.1, -0.05) is 15.9 Å². The molecule has 0 spiro atoms. The van der Waals surface area contributed by atoms with Crippen LogP contribution in [0.1, 0.15) is 22.3 Å². The van der Waals surface area contributed by atoms with E-state index in [1.54, 1.807) is 18.2 Å². The number of rotatable bonds is 5. The fourth-order valence-corrected chi connectivity index (χ4v) is 1.86. The van der Waals surface area contributed by atoms with Crippen LogP contribution in [0.3, 0.4) is 0 Å². The van der Waals surface area contributed by atoms with Crippen molar-refractivity contribution in [3.63, 3.8) is 0 Å². The highest BCUT2D eigenvalue weighted by molar-refractivity contribution is 9.10. The summed E-state index contributed by atoms with van der Waals surface area (Å²) in [5, 5.41) is 8.57. The second-order valence-corrected chi connectivity index (χ2v) is 4.56. The topological polar surface area (TPSA) is 54.4 Å². The van der Waals surface area contributed by atoms with Gasteiger partial charge in [-0.05, 0) is 29.8 Å². The van der Waals surface area contributed by atoms with Gasteiger partial charge >= 0.3 is 5.97 Å². The monoisotopic (exact) mass is 316 g/mol. The molecule has 0 aliphatic rings. The molecule has 3 nitrogen and oxygen atoms in total. The first-order valence-electron chi connectivity index (χ1n) is 4.84. The van der Waals surface area contributed by atoms with E-state index in [0.29, 0.717) is 11.1 Å². The van der Waals surface area contributed by atoms with Gasteiger partial charge in [0.25, 0.3) is 0 Å². The molecular formula is C12H10BrClO3. The molecule has 0 unspecified atom stereocenters. The number of carbonyl (C=O) groups excluding carboxylic acids is 1. The maximum atomic E-state index is 11.7. The van der Waals surface area contributed by atoms with Crippen LogP contribution in [0.4, 0.5) is 0 Å². The van der Waals surface area contributed by atoms with E-state index in [0.717, 1.165) is 10.5 Å². The van der Waals surface area contributed by atoms with Crippen LogP contribution in [-0.2, 0) is 4.79 Å². The van der Waals surface area contributed by atoms with Crippen molar-refractivity contribution in [2.75, 3.05) is 5.88 Å². The van der Waals surface area contributed by atoms with E-state index in [9.17, 15) is 9.59 Å². The second-order valence-electron chi connectivity index (χ2n) is 3.27. The maximum Gasteiger partial charge on any atom is 0.328 e. The fraction of sp³-hybridized carbons (Fsp3) is 0.167. The van der Waals surface area contributed by atoms with Gasteiger partial charge in [0.1, 0.15) is 0 Å². The van der Waals surface area contributed by atoms with Crippen LogP contribution in [-0.4, -0.2) is 22.7 Å². The highest BCUT2D eigenvalue weighted by Gasteiger charge is 2.09. The number of aliphatic carboxylic acids is 1. The average Bonchev–Trinajstić information content (AvgIpc) is 2.26. The molecule has 0 aliphatic heterocycles. The van der Waals surface area contributed by atoms with Gasteiger partial charge in [0, 0.05) is 28.4 Å². The Kier molecular flexibility index (Phi) is 5.38. The number of hydrogen-bond donors (Lipinski definition) is 1. The van der Waals surface area contributed by atoms with Crippen LogP contribution >= 0.6 is 27.5 Å². The molecule has 0 amide bonds. The molecule has 0 aliphatic carbocycles. The van der Waals surface area contributed by atoms with E-state index in [1.807, 2.05) is 0 Å². The fourth-order valence-electron chi connectivity index (χ4n) is 1.31. The lowest BCUT2D eigenvalue weighted by atomic mass is 10.0. The number of ketones is 1. The van der Waals surface area contributed by atoms with Crippen molar-refractivity contribution >= 4 is 45.4 Å². The lowest BCUT2D eigenvalue weighted by molar-refractivity contribution is -0.131. The zero-order valence-corrected chi connectivity index (χ0v) is 11.2. The highest BCUT2D eigenvalue weighted by atomic mass is 79.9. The number of alkyl halides is 1. The van der Waals surface area contributed by atoms with Crippen molar-refractivity contribution in [2.24, 2.45) is 0 Å². The molecule has 0 radical (unpaired) electrons. The smallest absolute Gasteiger partial charge is 0.328 e. The summed E-state index contributed by atoms with van der Waals surface area (Å²) in [4.78, 5) is 22.2. The van der Waals surface area contributed by atoms with Crippen LogP contribution in [0.5, 0.6) is 0 Å². The molecule has 90 valence electrons. The van der Waals surface area contributed by atoms with Gasteiger partial charge in [0.05, 0.1) is 0 Å². The third-order valence-electron chi connectivity index (χ3n) is 2.04. The molecule has 1 rings (SSSR count). The molecule has 0 bridgehead atoms. The van der Waals surface area contributed by atoms with E-state index in [-0.39, 0.29) is 18.1 Å². The first-order valence-corrected chi connectivity index (χ1v) is 6.17. The minimum atomic E-state index is -1.05. The molecule has 17 heavy (non-hydrogen) atoms. The van der Waals surface area contributed by atoms with Gasteiger partial charge in [0.2, 0.25) is 0 Å². The number of carboxylic acid groups (broad SMARTS) is 1. The van der Waals surface area contributed by atoms with Crippen molar-refractivity contribution in [1.82, 2.24) is 0 Å². The van der Waals surface area contributed by atoms with Crippen molar-refractivity contribution in [3.05, 3.63) is 39.9 Å². The van der Waals surface area contributed by atoms with Gasteiger partial charge in [-0.2, -0.15) is 0 Å². The number of halogens is 2. The third-order valence-corrected chi connectivity index (χ3v) is 2.72. The van der Waals surface area contributed by atoms with E-state index >= 15 is 0 Å². The van der Waals surface area contributed by atoms with Crippen molar-refractivity contribution in [3.8, 4) is 0 Å². The molecule has 1 aromatic rings. The summed E-state index contributed by atoms with van der Waals surface area (Å²) in [7, 11) is 0. The molecule has 5 heteroatoms. The first kappa shape index (κ1) is 13.9. The Labute approximate surface area is 112 Å². The van der Waals surface area contributed by atoms with Gasteiger partial charge in [0.15, 0.2) is 5.78 Å². The minimum absolute atomic E-state index is 0.0995. The van der Waals surface area contributed by atoms with Crippen LogP contribution < -0.4 is 0 Å². The summed E-state index contributed by atoms with van der Waals surface area (Å²) < 4.78 is 0.782. The Bertz CT molecular complexity index is 469. The lowest BCUT2D eigenvalue weighted by Crippen LogP contribution is -2.02. The molecule has 0 aromatic heterocycles. The number of hydrogen-bond acceptors (Lipinski definition) is 2. The predicted molar refractivity (Wildman–Crippen MR) is 70.5 cm³/mol. The first-order chi connectivity index (χ1) is 8.04. The molecule has 0 atom stereocenters. The van der Waals surface area contributed by atoms with Crippen molar-refractivity contribution in [1.29, 1.82) is 0 Å². The summed E-state index contributed by atoms with van der Waals surface area (Å²) in [6, 6.07) is 5.08. The standard InChI is InChI=1S/C12H10BrClO3/c13-9-2-3-10(11(15)5-6-14)8(7-9)1-4-12(16)17/h1-4,7H,5-6H2,(H,16,17)/b4-1+. The number of Topliss-reactive ketones (excluding diaryl/α,β-unsaturated/α-hetero) is 1. The highest BCUT2D eigenvalue weighted by Crippen LogP contribution is 2.19. The number of carbonyl (C=O) groups is 2. The van der Waals surface area contributed by atoms with Gasteiger partial charge in [-0.3, -0.25) is 4.79 Å². The molecule has 0 fully saturated rings. The van der Waals surface area contributed by atoms with E-state index in [4.69, 9.17) is 16.7 Å². The second kappa shape index (κ2) is 6.57. The molecular weight excluding hydrogens is 307 g/mol. The van der Waals surface area contributed by atoms with Gasteiger partial charge in [-0.25, -0.2) is 4.79 Å².